The highest BCUT2D eigenvalue weighted by molar-refractivity contribution is 6.34. The summed E-state index contributed by atoms with van der Waals surface area (Å²) in [6.45, 7) is 1.87. The van der Waals surface area contributed by atoms with Gasteiger partial charge in [0.15, 0.2) is 0 Å². The number of nitrogens with zero attached hydrogens (tertiary/aromatic N) is 1. The van der Waals surface area contributed by atoms with Crippen LogP contribution in [0.1, 0.15) is 21.5 Å². The van der Waals surface area contributed by atoms with Gasteiger partial charge in [-0.1, -0.05) is 11.6 Å². The molecule has 0 unspecified atom stereocenters. The average Bonchev–Trinajstić information content (AvgIpc) is 2.48. The lowest BCUT2D eigenvalue weighted by atomic mass is 10.1. The van der Waals surface area contributed by atoms with Crippen LogP contribution >= 0.6 is 11.6 Å². The molecular formula is C16H14ClN3O. The molecule has 0 aliphatic rings. The summed E-state index contributed by atoms with van der Waals surface area (Å²) in [6.07, 6.45) is 0. The normalized spacial score (nSPS) is 9.81. The Hall–Kier alpha value is -2.51. The Bertz CT molecular complexity index is 735. The number of hydrogen-bond acceptors (Lipinski definition) is 3. The summed E-state index contributed by atoms with van der Waals surface area (Å²) < 4.78 is 0. The summed E-state index contributed by atoms with van der Waals surface area (Å²) in [6, 6.07) is 12.2. The van der Waals surface area contributed by atoms with Crippen molar-refractivity contribution in [2.45, 2.75) is 6.92 Å². The lowest BCUT2D eigenvalue weighted by molar-refractivity contribution is 0.102. The van der Waals surface area contributed by atoms with Crippen molar-refractivity contribution in [3.8, 4) is 6.07 Å². The SMILES string of the molecule is CNc1ccc(C(=O)Nc2ccc(C#N)cc2Cl)c(C)c1. The molecule has 1 amide bonds. The summed E-state index contributed by atoms with van der Waals surface area (Å²) >= 11 is 6.05. The van der Waals surface area contributed by atoms with E-state index in [9.17, 15) is 4.79 Å². The van der Waals surface area contributed by atoms with Crippen LogP contribution in [0.2, 0.25) is 5.02 Å². The predicted octanol–water partition coefficient (Wildman–Crippen LogP) is 3.81. The molecule has 21 heavy (non-hydrogen) atoms. The topological polar surface area (TPSA) is 64.9 Å². The molecule has 0 fully saturated rings. The van der Waals surface area contributed by atoms with Crippen LogP contribution in [0, 0.1) is 18.3 Å². The molecule has 0 spiro atoms. The zero-order valence-corrected chi connectivity index (χ0v) is 12.5. The van der Waals surface area contributed by atoms with E-state index >= 15 is 0 Å². The Morgan fingerprint density at radius 1 is 1.24 bits per heavy atom. The van der Waals surface area contributed by atoms with Crippen molar-refractivity contribution in [2.24, 2.45) is 0 Å². The van der Waals surface area contributed by atoms with Gasteiger partial charge in [-0.25, -0.2) is 0 Å². The maximum atomic E-state index is 12.3. The number of carbonyl (C=O) groups excluding carboxylic acids is 1. The van der Waals surface area contributed by atoms with Crippen molar-refractivity contribution in [3.05, 3.63) is 58.1 Å². The smallest absolute Gasteiger partial charge is 0.255 e. The largest absolute Gasteiger partial charge is 0.388 e. The third-order valence-electron chi connectivity index (χ3n) is 3.11. The number of halogens is 1. The molecule has 0 aliphatic carbocycles. The number of aryl methyl sites for hydroxylation is 1. The Balaban J connectivity index is 2.24. The minimum absolute atomic E-state index is 0.234. The number of hydrogen-bond donors (Lipinski definition) is 2. The fraction of sp³-hybridized carbons (Fsp3) is 0.125. The molecule has 2 N–H and O–H groups in total. The highest BCUT2D eigenvalue weighted by Crippen LogP contribution is 2.24. The molecule has 0 aromatic heterocycles. The molecule has 0 atom stereocenters. The molecule has 106 valence electrons. The van der Waals surface area contributed by atoms with E-state index in [0.29, 0.717) is 21.8 Å². The van der Waals surface area contributed by atoms with Gasteiger partial charge in [0, 0.05) is 18.3 Å². The Kier molecular flexibility index (Phi) is 4.46. The molecule has 0 bridgehead atoms. The van der Waals surface area contributed by atoms with E-state index in [2.05, 4.69) is 10.6 Å². The summed E-state index contributed by atoms with van der Waals surface area (Å²) in [4.78, 5) is 12.3. The van der Waals surface area contributed by atoms with Gasteiger partial charge in [0.2, 0.25) is 0 Å². The highest BCUT2D eigenvalue weighted by Gasteiger charge is 2.11. The van der Waals surface area contributed by atoms with Crippen LogP contribution in [-0.2, 0) is 0 Å². The Morgan fingerprint density at radius 3 is 2.57 bits per heavy atom. The highest BCUT2D eigenvalue weighted by atomic mass is 35.5. The number of benzene rings is 2. The second-order valence-corrected chi connectivity index (χ2v) is 4.95. The first kappa shape index (κ1) is 14.9. The van der Waals surface area contributed by atoms with E-state index in [0.717, 1.165) is 11.3 Å². The summed E-state index contributed by atoms with van der Waals surface area (Å²) in [5.41, 5.74) is 3.32. The first-order valence-electron chi connectivity index (χ1n) is 6.34. The van der Waals surface area contributed by atoms with Crippen molar-refractivity contribution >= 4 is 28.9 Å². The first-order chi connectivity index (χ1) is 10.0. The number of carbonyl (C=O) groups is 1. The molecule has 2 aromatic carbocycles. The van der Waals surface area contributed by atoms with Crippen LogP contribution in [0.25, 0.3) is 0 Å². The number of nitriles is 1. The van der Waals surface area contributed by atoms with E-state index in [1.54, 1.807) is 18.2 Å². The first-order valence-corrected chi connectivity index (χ1v) is 6.72. The minimum Gasteiger partial charge on any atom is -0.388 e. The van der Waals surface area contributed by atoms with Crippen LogP contribution in [0.4, 0.5) is 11.4 Å². The van der Waals surface area contributed by atoms with Gasteiger partial charge >= 0.3 is 0 Å². The minimum atomic E-state index is -0.234. The quantitative estimate of drug-likeness (QED) is 0.905. The summed E-state index contributed by atoms with van der Waals surface area (Å²) in [5.74, 6) is -0.234. The van der Waals surface area contributed by atoms with Crippen molar-refractivity contribution in [1.82, 2.24) is 0 Å². The standard InChI is InChI=1S/C16H14ClN3O/c1-10-7-12(19-2)4-5-13(10)16(21)20-15-6-3-11(9-18)8-14(15)17/h3-8,19H,1-2H3,(H,20,21). The Labute approximate surface area is 128 Å². The predicted molar refractivity (Wildman–Crippen MR) is 84.8 cm³/mol. The maximum Gasteiger partial charge on any atom is 0.255 e. The van der Waals surface area contributed by atoms with Crippen LogP contribution in [0.15, 0.2) is 36.4 Å². The van der Waals surface area contributed by atoms with Gasteiger partial charge in [0.05, 0.1) is 22.3 Å². The van der Waals surface area contributed by atoms with Gasteiger partial charge in [0.1, 0.15) is 0 Å². The molecule has 5 heteroatoms. The third kappa shape index (κ3) is 3.33. The van der Waals surface area contributed by atoms with Crippen molar-refractivity contribution in [2.75, 3.05) is 17.7 Å². The molecule has 0 radical (unpaired) electrons. The van der Waals surface area contributed by atoms with Crippen LogP contribution in [0.3, 0.4) is 0 Å². The average molecular weight is 300 g/mol. The lowest BCUT2D eigenvalue weighted by Gasteiger charge is -2.10. The number of anilines is 2. The molecule has 2 aromatic rings. The monoisotopic (exact) mass is 299 g/mol. The fourth-order valence-corrected chi connectivity index (χ4v) is 2.18. The van der Waals surface area contributed by atoms with Gasteiger partial charge in [-0.05, 0) is 48.9 Å². The van der Waals surface area contributed by atoms with Crippen LogP contribution in [0.5, 0.6) is 0 Å². The van der Waals surface area contributed by atoms with Gasteiger partial charge in [0.25, 0.3) is 5.91 Å². The zero-order valence-electron chi connectivity index (χ0n) is 11.7. The fourth-order valence-electron chi connectivity index (χ4n) is 1.95. The number of amides is 1. The molecule has 2 rings (SSSR count). The number of nitrogens with one attached hydrogen (secondary N) is 2. The summed E-state index contributed by atoms with van der Waals surface area (Å²) in [7, 11) is 1.82. The molecule has 0 aliphatic heterocycles. The zero-order chi connectivity index (χ0) is 15.4. The molecule has 0 heterocycles. The van der Waals surface area contributed by atoms with Gasteiger partial charge < -0.3 is 10.6 Å². The van der Waals surface area contributed by atoms with E-state index in [1.165, 1.54) is 6.07 Å². The van der Waals surface area contributed by atoms with Gasteiger partial charge in [-0.3, -0.25) is 4.79 Å². The second-order valence-electron chi connectivity index (χ2n) is 4.54. The van der Waals surface area contributed by atoms with Gasteiger partial charge in [-0.15, -0.1) is 0 Å². The van der Waals surface area contributed by atoms with E-state index in [1.807, 2.05) is 32.2 Å². The van der Waals surface area contributed by atoms with E-state index < -0.39 is 0 Å². The van der Waals surface area contributed by atoms with Crippen molar-refractivity contribution in [3.63, 3.8) is 0 Å². The molecule has 4 nitrogen and oxygen atoms in total. The molecule has 0 saturated carbocycles. The van der Waals surface area contributed by atoms with Crippen LogP contribution < -0.4 is 10.6 Å². The molecular weight excluding hydrogens is 286 g/mol. The van der Waals surface area contributed by atoms with E-state index in [-0.39, 0.29) is 5.91 Å². The number of rotatable bonds is 3. The lowest BCUT2D eigenvalue weighted by Crippen LogP contribution is -2.13. The Morgan fingerprint density at radius 2 is 2.00 bits per heavy atom. The van der Waals surface area contributed by atoms with Gasteiger partial charge in [-0.2, -0.15) is 5.26 Å². The third-order valence-corrected chi connectivity index (χ3v) is 3.42. The van der Waals surface area contributed by atoms with Crippen LogP contribution in [-0.4, -0.2) is 13.0 Å². The maximum absolute atomic E-state index is 12.3. The second kappa shape index (κ2) is 6.29. The van der Waals surface area contributed by atoms with Crippen molar-refractivity contribution in [1.29, 1.82) is 5.26 Å². The van der Waals surface area contributed by atoms with E-state index in [4.69, 9.17) is 16.9 Å². The molecule has 0 saturated heterocycles. The van der Waals surface area contributed by atoms with Crippen molar-refractivity contribution < 1.29 is 4.79 Å². The summed E-state index contributed by atoms with van der Waals surface area (Å²) in [5, 5.41) is 14.9.